The van der Waals surface area contributed by atoms with Gasteiger partial charge in [-0.05, 0) is 24.3 Å². The summed E-state index contributed by atoms with van der Waals surface area (Å²) >= 11 is 0. The van der Waals surface area contributed by atoms with Gasteiger partial charge in [0.2, 0.25) is 0 Å². The lowest BCUT2D eigenvalue weighted by molar-refractivity contribution is 1.60. The van der Waals surface area contributed by atoms with Crippen molar-refractivity contribution >= 4 is 5.69 Å². The highest BCUT2D eigenvalue weighted by Crippen LogP contribution is 2.11. The van der Waals surface area contributed by atoms with Crippen LogP contribution in [0.1, 0.15) is 16.7 Å². The van der Waals surface area contributed by atoms with E-state index in [0.29, 0.717) is 5.69 Å². The Morgan fingerprint density at radius 2 is 1.22 bits per heavy atom. The van der Waals surface area contributed by atoms with Crippen molar-refractivity contribution in [2.75, 3.05) is 0 Å². The van der Waals surface area contributed by atoms with E-state index in [1.807, 2.05) is 36.4 Å². The third kappa shape index (κ3) is 2.79. The number of terminal acetylenes is 1. The van der Waals surface area contributed by atoms with Gasteiger partial charge in [0.05, 0.1) is 6.57 Å². The van der Waals surface area contributed by atoms with Crippen LogP contribution in [0.5, 0.6) is 0 Å². The Balaban J connectivity index is 2.20. The van der Waals surface area contributed by atoms with E-state index in [0.717, 1.165) is 16.7 Å². The summed E-state index contributed by atoms with van der Waals surface area (Å²) in [5.74, 6) is 8.66. The molecular formula is C17H9N. The van der Waals surface area contributed by atoms with Crippen molar-refractivity contribution in [3.8, 4) is 24.2 Å². The summed E-state index contributed by atoms with van der Waals surface area (Å²) in [6.45, 7) is 6.86. The maximum atomic E-state index is 6.86. The van der Waals surface area contributed by atoms with E-state index in [1.165, 1.54) is 0 Å². The normalized spacial score (nSPS) is 8.56. The lowest BCUT2D eigenvalue weighted by Gasteiger charge is -1.92. The molecule has 0 aliphatic rings. The second-order valence-corrected chi connectivity index (χ2v) is 3.63. The van der Waals surface area contributed by atoms with Crippen molar-refractivity contribution in [1.82, 2.24) is 0 Å². The van der Waals surface area contributed by atoms with E-state index in [9.17, 15) is 0 Å². The van der Waals surface area contributed by atoms with Gasteiger partial charge in [-0.1, -0.05) is 42.0 Å². The Kier molecular flexibility index (Phi) is 3.46. The fraction of sp³-hybridized carbons (Fsp3) is 0. The minimum absolute atomic E-state index is 0.624. The van der Waals surface area contributed by atoms with Crippen LogP contribution in [0.25, 0.3) is 4.85 Å². The maximum absolute atomic E-state index is 6.86. The zero-order valence-electron chi connectivity index (χ0n) is 9.64. The molecule has 0 atom stereocenters. The molecule has 2 aromatic rings. The summed E-state index contributed by atoms with van der Waals surface area (Å²) in [5, 5.41) is 0. The predicted molar refractivity (Wildman–Crippen MR) is 73.1 cm³/mol. The molecule has 0 N–H and O–H groups in total. The molecule has 82 valence electrons. The predicted octanol–water partition coefficient (Wildman–Crippen LogP) is 3.62. The quantitative estimate of drug-likeness (QED) is 0.478. The first-order chi connectivity index (χ1) is 8.81. The van der Waals surface area contributed by atoms with Crippen LogP contribution < -0.4 is 0 Å². The molecule has 0 amide bonds. The molecule has 0 radical (unpaired) electrons. The van der Waals surface area contributed by atoms with Gasteiger partial charge in [0, 0.05) is 16.7 Å². The first kappa shape index (κ1) is 11.5. The van der Waals surface area contributed by atoms with Gasteiger partial charge in [0.15, 0.2) is 5.69 Å². The minimum atomic E-state index is 0.624. The van der Waals surface area contributed by atoms with E-state index >= 15 is 0 Å². The summed E-state index contributed by atoms with van der Waals surface area (Å²) < 4.78 is 0. The summed E-state index contributed by atoms with van der Waals surface area (Å²) in [6.07, 6.45) is 5.28. The van der Waals surface area contributed by atoms with E-state index in [2.05, 4.69) is 22.6 Å². The van der Waals surface area contributed by atoms with E-state index in [-0.39, 0.29) is 0 Å². The summed E-state index contributed by atoms with van der Waals surface area (Å²) in [4.78, 5) is 3.33. The number of hydrogen-bond donors (Lipinski definition) is 0. The molecular weight excluding hydrogens is 218 g/mol. The molecule has 0 heterocycles. The molecule has 0 aromatic heterocycles. The Labute approximate surface area is 107 Å². The molecule has 0 aliphatic heterocycles. The van der Waals surface area contributed by atoms with Crippen molar-refractivity contribution in [3.63, 3.8) is 0 Å². The summed E-state index contributed by atoms with van der Waals surface area (Å²) in [7, 11) is 0. The maximum Gasteiger partial charge on any atom is 0.187 e. The zero-order valence-corrected chi connectivity index (χ0v) is 9.64. The molecule has 2 aromatic carbocycles. The molecule has 0 saturated carbocycles. The molecule has 0 unspecified atom stereocenters. The van der Waals surface area contributed by atoms with Crippen LogP contribution in [-0.2, 0) is 0 Å². The minimum Gasteiger partial charge on any atom is -0.238 e. The van der Waals surface area contributed by atoms with Gasteiger partial charge >= 0.3 is 0 Å². The molecule has 2 rings (SSSR count). The number of rotatable bonds is 0. The first-order valence-corrected chi connectivity index (χ1v) is 5.38. The Hall–Kier alpha value is -2.95. The Bertz CT molecular complexity index is 619. The fourth-order valence-corrected chi connectivity index (χ4v) is 1.41. The van der Waals surface area contributed by atoms with Crippen molar-refractivity contribution in [3.05, 3.63) is 76.6 Å². The molecule has 0 aliphatic carbocycles. The first-order valence-electron chi connectivity index (χ1n) is 5.38. The monoisotopic (exact) mass is 227 g/mol. The summed E-state index contributed by atoms with van der Waals surface area (Å²) in [5.41, 5.74) is 3.28. The lowest BCUT2D eigenvalue weighted by Crippen LogP contribution is -1.77. The third-order valence-corrected chi connectivity index (χ3v) is 2.40. The second-order valence-electron chi connectivity index (χ2n) is 3.63. The van der Waals surface area contributed by atoms with Crippen LogP contribution in [0.3, 0.4) is 0 Å². The summed E-state index contributed by atoms with van der Waals surface area (Å²) in [6, 6.07) is 14.7. The smallest absolute Gasteiger partial charge is 0.187 e. The third-order valence-electron chi connectivity index (χ3n) is 2.40. The average molecular weight is 227 g/mol. The highest BCUT2D eigenvalue weighted by atomic mass is 14.6. The van der Waals surface area contributed by atoms with Crippen molar-refractivity contribution in [1.29, 1.82) is 0 Å². The van der Waals surface area contributed by atoms with Crippen LogP contribution in [0.4, 0.5) is 5.69 Å². The molecule has 18 heavy (non-hydrogen) atoms. The zero-order chi connectivity index (χ0) is 12.8. The molecule has 1 nitrogen and oxygen atoms in total. The molecule has 0 fully saturated rings. The van der Waals surface area contributed by atoms with Crippen LogP contribution in [0.15, 0.2) is 48.5 Å². The van der Waals surface area contributed by atoms with E-state index < -0.39 is 0 Å². The van der Waals surface area contributed by atoms with Crippen LogP contribution in [0.2, 0.25) is 0 Å². The van der Waals surface area contributed by atoms with Gasteiger partial charge in [-0.3, -0.25) is 0 Å². The van der Waals surface area contributed by atoms with Crippen LogP contribution in [0, 0.1) is 30.8 Å². The molecule has 0 bridgehead atoms. The largest absolute Gasteiger partial charge is 0.238 e. The topological polar surface area (TPSA) is 4.36 Å². The van der Waals surface area contributed by atoms with Gasteiger partial charge < -0.3 is 0 Å². The number of benzene rings is 2. The van der Waals surface area contributed by atoms with Crippen LogP contribution in [-0.4, -0.2) is 0 Å². The highest BCUT2D eigenvalue weighted by molar-refractivity contribution is 5.51. The van der Waals surface area contributed by atoms with E-state index in [4.69, 9.17) is 13.0 Å². The Morgan fingerprint density at radius 1 is 0.778 bits per heavy atom. The van der Waals surface area contributed by atoms with Crippen LogP contribution >= 0.6 is 0 Å². The second kappa shape index (κ2) is 5.40. The van der Waals surface area contributed by atoms with Gasteiger partial charge in [0.25, 0.3) is 0 Å². The molecule has 0 spiro atoms. The standard InChI is InChI=1S/C17H9N/c1-3-14-4-6-15(7-5-14)8-9-16-10-12-17(18-2)13-11-16/h1,4-7,10-13H. The SMILES string of the molecule is [C-]#[N+]c1ccc(C#Cc2ccc(C#C)cc2)cc1. The molecule has 1 heteroatoms. The van der Waals surface area contributed by atoms with Crippen molar-refractivity contribution < 1.29 is 0 Å². The van der Waals surface area contributed by atoms with Gasteiger partial charge in [-0.15, -0.1) is 6.42 Å². The van der Waals surface area contributed by atoms with Gasteiger partial charge in [-0.25, -0.2) is 4.85 Å². The van der Waals surface area contributed by atoms with Crippen molar-refractivity contribution in [2.45, 2.75) is 0 Å². The lowest BCUT2D eigenvalue weighted by atomic mass is 10.1. The van der Waals surface area contributed by atoms with Crippen molar-refractivity contribution in [2.24, 2.45) is 0 Å². The van der Waals surface area contributed by atoms with E-state index in [1.54, 1.807) is 12.1 Å². The fourth-order valence-electron chi connectivity index (χ4n) is 1.41. The highest BCUT2D eigenvalue weighted by Gasteiger charge is 1.90. The number of hydrogen-bond acceptors (Lipinski definition) is 0. The Morgan fingerprint density at radius 3 is 1.67 bits per heavy atom. The molecule has 0 saturated heterocycles. The number of nitrogens with zero attached hydrogens (tertiary/aromatic N) is 1. The van der Waals surface area contributed by atoms with Gasteiger partial charge in [-0.2, -0.15) is 0 Å². The van der Waals surface area contributed by atoms with Gasteiger partial charge in [0.1, 0.15) is 0 Å². The average Bonchev–Trinajstić information content (AvgIpc) is 2.46.